The zero-order valence-electron chi connectivity index (χ0n) is 10.4. The van der Waals surface area contributed by atoms with Gasteiger partial charge in [-0.2, -0.15) is 4.67 Å². The summed E-state index contributed by atoms with van der Waals surface area (Å²) in [5.41, 5.74) is 0. The second kappa shape index (κ2) is 4.27. The third-order valence-electron chi connectivity index (χ3n) is 2.80. The fourth-order valence-electron chi connectivity index (χ4n) is 1.87. The second-order valence-corrected chi connectivity index (χ2v) is 9.07. The van der Waals surface area contributed by atoms with Crippen LogP contribution in [0.2, 0.25) is 0 Å². The van der Waals surface area contributed by atoms with Gasteiger partial charge in [-0.1, -0.05) is 18.2 Å². The summed E-state index contributed by atoms with van der Waals surface area (Å²) in [5.74, 6) is 0. The van der Waals surface area contributed by atoms with Crippen molar-refractivity contribution in [1.82, 2.24) is 4.67 Å². The lowest BCUT2D eigenvalue weighted by Gasteiger charge is -2.40. The molecule has 1 atom stereocenters. The minimum absolute atomic E-state index is 0.0951. The highest BCUT2D eigenvalue weighted by atomic mass is 31.2. The first-order valence-electron chi connectivity index (χ1n) is 5.21. The molecule has 0 heterocycles. The molecule has 0 spiro atoms. The van der Waals surface area contributed by atoms with Crippen molar-refractivity contribution in [3.63, 3.8) is 0 Å². The Labute approximate surface area is 95.6 Å². The highest BCUT2D eigenvalue weighted by molar-refractivity contribution is 8.02. The largest absolute Gasteiger partial charge is 0.393 e. The standard InChI is InChI=1S/C12H20BNP/c1-12(2,3)15(13,14(4)5)11-9-7-6-8-10-11/h6-10H,1-5H3/q+1. The van der Waals surface area contributed by atoms with Crippen LogP contribution >= 0.6 is 7.29 Å². The van der Waals surface area contributed by atoms with E-state index in [-0.39, 0.29) is 5.16 Å². The highest BCUT2D eigenvalue weighted by Crippen LogP contribution is 2.64. The molecule has 0 amide bonds. The van der Waals surface area contributed by atoms with E-state index in [1.807, 2.05) is 6.07 Å². The minimum Gasteiger partial charge on any atom is -0.198 e. The van der Waals surface area contributed by atoms with Crippen LogP contribution in [-0.4, -0.2) is 31.5 Å². The molecule has 0 saturated carbocycles. The van der Waals surface area contributed by atoms with Crippen LogP contribution in [0.25, 0.3) is 0 Å². The van der Waals surface area contributed by atoms with Crippen LogP contribution in [0.3, 0.4) is 0 Å². The molecule has 0 bridgehead atoms. The lowest BCUT2D eigenvalue weighted by molar-refractivity contribution is 0.631. The van der Waals surface area contributed by atoms with E-state index in [4.69, 9.17) is 7.57 Å². The fourth-order valence-corrected chi connectivity index (χ4v) is 4.94. The zero-order chi connectivity index (χ0) is 11.7. The summed E-state index contributed by atoms with van der Waals surface area (Å²) in [6, 6.07) is 10.4. The molecule has 1 aromatic rings. The molecule has 80 valence electrons. The van der Waals surface area contributed by atoms with Crippen molar-refractivity contribution >= 4 is 20.2 Å². The quantitative estimate of drug-likeness (QED) is 0.547. The predicted octanol–water partition coefficient (Wildman–Crippen LogP) is 2.69. The fraction of sp³-hybridized carbons (Fsp3) is 0.500. The van der Waals surface area contributed by atoms with E-state index < -0.39 is 7.29 Å². The smallest absolute Gasteiger partial charge is 0.198 e. The molecule has 1 unspecified atom stereocenters. The maximum absolute atomic E-state index is 6.68. The molecule has 0 aliphatic heterocycles. The van der Waals surface area contributed by atoms with Crippen molar-refractivity contribution in [2.75, 3.05) is 14.1 Å². The van der Waals surface area contributed by atoms with Gasteiger partial charge in [0.05, 0.1) is 17.8 Å². The number of hydrogen-bond acceptors (Lipinski definition) is 1. The van der Waals surface area contributed by atoms with Crippen molar-refractivity contribution in [3.8, 4) is 0 Å². The SMILES string of the molecule is [B][P+](c1ccccc1)(N(C)C)C(C)(C)C. The van der Waals surface area contributed by atoms with Gasteiger partial charge in [0, 0.05) is 14.1 Å². The van der Waals surface area contributed by atoms with Crippen molar-refractivity contribution in [3.05, 3.63) is 30.3 Å². The Morgan fingerprint density at radius 3 is 1.87 bits per heavy atom. The normalized spacial score (nSPS) is 16.4. The van der Waals surface area contributed by atoms with E-state index in [2.05, 4.69) is 63.8 Å². The van der Waals surface area contributed by atoms with E-state index in [0.717, 1.165) is 0 Å². The molecular formula is C12H20BNP+. The first kappa shape index (κ1) is 12.7. The maximum atomic E-state index is 6.68. The number of benzene rings is 1. The first-order valence-corrected chi connectivity index (χ1v) is 7.02. The molecule has 1 aromatic carbocycles. The summed E-state index contributed by atoms with van der Waals surface area (Å²) in [6.07, 6.45) is 0. The molecule has 0 fully saturated rings. The van der Waals surface area contributed by atoms with Crippen molar-refractivity contribution in [1.29, 1.82) is 0 Å². The van der Waals surface area contributed by atoms with Crippen LogP contribution in [0.15, 0.2) is 30.3 Å². The Balaban J connectivity index is 3.26. The molecule has 2 radical (unpaired) electrons. The molecule has 0 aliphatic rings. The summed E-state index contributed by atoms with van der Waals surface area (Å²) >= 11 is 0. The lowest BCUT2D eigenvalue weighted by atomic mass is 10.2. The van der Waals surface area contributed by atoms with Gasteiger partial charge in [-0.3, -0.25) is 0 Å². The summed E-state index contributed by atoms with van der Waals surface area (Å²) in [5, 5.41) is 1.36. The average molecular weight is 220 g/mol. The third kappa shape index (κ3) is 2.27. The summed E-state index contributed by atoms with van der Waals surface area (Å²) in [6.45, 7) is 6.65. The Kier molecular flexibility index (Phi) is 3.63. The van der Waals surface area contributed by atoms with Gasteiger partial charge in [0.1, 0.15) is 0 Å². The van der Waals surface area contributed by atoms with Crippen molar-refractivity contribution < 1.29 is 0 Å². The van der Waals surface area contributed by atoms with Gasteiger partial charge in [-0.15, -0.1) is 0 Å². The second-order valence-electron chi connectivity index (χ2n) is 5.04. The van der Waals surface area contributed by atoms with Gasteiger partial charge < -0.3 is 0 Å². The molecule has 1 rings (SSSR count). The Morgan fingerprint density at radius 1 is 1.07 bits per heavy atom. The van der Waals surface area contributed by atoms with Crippen LogP contribution in [0.1, 0.15) is 20.8 Å². The van der Waals surface area contributed by atoms with E-state index in [1.165, 1.54) is 5.30 Å². The highest BCUT2D eigenvalue weighted by Gasteiger charge is 2.48. The molecule has 15 heavy (non-hydrogen) atoms. The van der Waals surface area contributed by atoms with E-state index in [0.29, 0.717) is 0 Å². The topological polar surface area (TPSA) is 3.24 Å². The van der Waals surface area contributed by atoms with Crippen molar-refractivity contribution in [2.45, 2.75) is 25.9 Å². The molecule has 0 saturated heterocycles. The van der Waals surface area contributed by atoms with Crippen LogP contribution in [0.5, 0.6) is 0 Å². The number of rotatable bonds is 2. The molecular weight excluding hydrogens is 200 g/mol. The van der Waals surface area contributed by atoms with E-state index >= 15 is 0 Å². The van der Waals surface area contributed by atoms with Gasteiger partial charge in [0.25, 0.3) is 0 Å². The predicted molar refractivity (Wildman–Crippen MR) is 72.2 cm³/mol. The molecule has 0 N–H and O–H groups in total. The van der Waals surface area contributed by atoms with Crippen LogP contribution in [-0.2, 0) is 0 Å². The van der Waals surface area contributed by atoms with Gasteiger partial charge in [-0.05, 0) is 32.9 Å². The van der Waals surface area contributed by atoms with Gasteiger partial charge >= 0.3 is 7.57 Å². The summed E-state index contributed by atoms with van der Waals surface area (Å²) < 4.78 is 2.20. The summed E-state index contributed by atoms with van der Waals surface area (Å²) in [7, 11) is 9.08. The van der Waals surface area contributed by atoms with E-state index in [1.54, 1.807) is 0 Å². The zero-order valence-corrected chi connectivity index (χ0v) is 11.3. The Hall–Kier alpha value is -0.325. The van der Waals surface area contributed by atoms with Crippen LogP contribution in [0.4, 0.5) is 0 Å². The first-order chi connectivity index (χ1) is 6.80. The van der Waals surface area contributed by atoms with Crippen LogP contribution < -0.4 is 5.30 Å². The number of hydrogen-bond donors (Lipinski definition) is 0. The van der Waals surface area contributed by atoms with Crippen molar-refractivity contribution in [2.24, 2.45) is 0 Å². The van der Waals surface area contributed by atoms with E-state index in [9.17, 15) is 0 Å². The Morgan fingerprint density at radius 2 is 1.53 bits per heavy atom. The van der Waals surface area contributed by atoms with Gasteiger partial charge in [0.15, 0.2) is 0 Å². The third-order valence-corrected chi connectivity index (χ3v) is 7.20. The van der Waals surface area contributed by atoms with Gasteiger partial charge in [0.2, 0.25) is 0 Å². The van der Waals surface area contributed by atoms with Crippen LogP contribution in [0, 0.1) is 0 Å². The lowest BCUT2D eigenvalue weighted by Crippen LogP contribution is -2.37. The monoisotopic (exact) mass is 220 g/mol. The molecule has 0 aromatic heterocycles. The minimum atomic E-state index is -1.74. The Bertz CT molecular complexity index is 318. The van der Waals surface area contributed by atoms with Gasteiger partial charge in [-0.25, -0.2) is 0 Å². The molecule has 3 heteroatoms. The summed E-state index contributed by atoms with van der Waals surface area (Å²) in [4.78, 5) is 0. The molecule has 0 aliphatic carbocycles. The maximum Gasteiger partial charge on any atom is 0.393 e. The molecule has 1 nitrogen and oxygen atoms in total. The number of nitrogens with zero attached hydrogens (tertiary/aromatic N) is 1. The average Bonchev–Trinajstić information content (AvgIpc) is 2.16.